The minimum absolute atomic E-state index is 0.0764. The number of hydrogen-bond acceptors (Lipinski definition) is 3. The van der Waals surface area contributed by atoms with E-state index in [1.807, 2.05) is 30.3 Å². The van der Waals surface area contributed by atoms with E-state index in [0.717, 1.165) is 11.1 Å². The lowest BCUT2D eigenvalue weighted by atomic mass is 10.1. The van der Waals surface area contributed by atoms with Gasteiger partial charge in [0.2, 0.25) is 0 Å². The topological polar surface area (TPSA) is 49.7 Å². The van der Waals surface area contributed by atoms with E-state index < -0.39 is 6.10 Å². The van der Waals surface area contributed by atoms with E-state index in [1.165, 1.54) is 0 Å². The van der Waals surface area contributed by atoms with E-state index >= 15 is 0 Å². The van der Waals surface area contributed by atoms with E-state index in [0.29, 0.717) is 11.5 Å². The summed E-state index contributed by atoms with van der Waals surface area (Å²) in [5.41, 5.74) is 1.45. The predicted molar refractivity (Wildman–Crippen MR) is 69.5 cm³/mol. The summed E-state index contributed by atoms with van der Waals surface area (Å²) in [6.07, 6.45) is -0.595. The average molecular weight is 244 g/mol. The number of ether oxygens (including phenoxy) is 1. The lowest BCUT2D eigenvalue weighted by Crippen LogP contribution is -1.97. The minimum atomic E-state index is -0.595. The molecule has 0 bridgehead atoms. The second-order valence-corrected chi connectivity index (χ2v) is 4.08. The van der Waals surface area contributed by atoms with Crippen molar-refractivity contribution in [3.63, 3.8) is 0 Å². The third kappa shape index (κ3) is 2.70. The Labute approximate surface area is 106 Å². The van der Waals surface area contributed by atoms with Crippen LogP contribution in [0.4, 0.5) is 0 Å². The highest BCUT2D eigenvalue weighted by Crippen LogP contribution is 2.31. The first-order chi connectivity index (χ1) is 8.72. The van der Waals surface area contributed by atoms with Crippen molar-refractivity contribution in [3.8, 4) is 11.5 Å². The molecule has 3 heteroatoms. The second-order valence-electron chi connectivity index (χ2n) is 4.08. The lowest BCUT2D eigenvalue weighted by molar-refractivity contribution is 0.195. The fourth-order valence-corrected chi connectivity index (χ4v) is 1.77. The summed E-state index contributed by atoms with van der Waals surface area (Å²) in [5, 5.41) is 18.9. The quantitative estimate of drug-likeness (QED) is 0.869. The van der Waals surface area contributed by atoms with Crippen LogP contribution in [-0.2, 0) is 6.61 Å². The van der Waals surface area contributed by atoms with Gasteiger partial charge in [-0.25, -0.2) is 0 Å². The average Bonchev–Trinajstić information content (AvgIpc) is 2.40. The number of hydrogen-bond donors (Lipinski definition) is 2. The Bertz CT molecular complexity index is 521. The van der Waals surface area contributed by atoms with E-state index in [1.54, 1.807) is 25.1 Å². The van der Waals surface area contributed by atoms with Crippen LogP contribution in [-0.4, -0.2) is 10.2 Å². The normalized spacial score (nSPS) is 12.2. The third-order valence-electron chi connectivity index (χ3n) is 2.73. The van der Waals surface area contributed by atoms with Crippen molar-refractivity contribution < 1.29 is 14.9 Å². The van der Waals surface area contributed by atoms with Gasteiger partial charge in [0, 0.05) is 11.1 Å². The zero-order chi connectivity index (χ0) is 13.0. The van der Waals surface area contributed by atoms with Gasteiger partial charge in [0.25, 0.3) is 0 Å². The molecule has 2 aromatic carbocycles. The Morgan fingerprint density at radius 1 is 1.00 bits per heavy atom. The standard InChI is InChI=1S/C15H16O3/c1-11(17)13-7-3-5-9-15(13)18-14-8-4-2-6-12(14)10-16/h2-9,11,16-17H,10H2,1H3. The first-order valence-electron chi connectivity index (χ1n) is 5.86. The molecule has 2 aromatic rings. The van der Waals surface area contributed by atoms with Crippen molar-refractivity contribution in [2.24, 2.45) is 0 Å². The highest BCUT2D eigenvalue weighted by atomic mass is 16.5. The molecule has 0 aliphatic heterocycles. The largest absolute Gasteiger partial charge is 0.457 e. The summed E-state index contributed by atoms with van der Waals surface area (Å²) in [7, 11) is 0. The van der Waals surface area contributed by atoms with Crippen LogP contribution in [0.1, 0.15) is 24.2 Å². The van der Waals surface area contributed by atoms with Gasteiger partial charge in [-0.3, -0.25) is 0 Å². The molecule has 0 saturated carbocycles. The highest BCUT2D eigenvalue weighted by molar-refractivity contribution is 5.41. The first-order valence-corrected chi connectivity index (χ1v) is 5.86. The molecule has 94 valence electrons. The molecule has 1 unspecified atom stereocenters. The van der Waals surface area contributed by atoms with Crippen LogP contribution >= 0.6 is 0 Å². The molecule has 0 aliphatic carbocycles. The van der Waals surface area contributed by atoms with Gasteiger partial charge in [-0.1, -0.05) is 36.4 Å². The molecular formula is C15H16O3. The number of benzene rings is 2. The fraction of sp³-hybridized carbons (Fsp3) is 0.200. The smallest absolute Gasteiger partial charge is 0.133 e. The molecule has 0 radical (unpaired) electrons. The Kier molecular flexibility index (Phi) is 3.97. The van der Waals surface area contributed by atoms with E-state index in [9.17, 15) is 10.2 Å². The molecule has 0 heterocycles. The second kappa shape index (κ2) is 5.67. The van der Waals surface area contributed by atoms with Crippen molar-refractivity contribution in [2.45, 2.75) is 19.6 Å². The van der Waals surface area contributed by atoms with Crippen LogP contribution in [0.5, 0.6) is 11.5 Å². The van der Waals surface area contributed by atoms with Crippen molar-refractivity contribution in [1.82, 2.24) is 0 Å². The fourth-order valence-electron chi connectivity index (χ4n) is 1.77. The summed E-state index contributed by atoms with van der Waals surface area (Å²) >= 11 is 0. The lowest BCUT2D eigenvalue weighted by Gasteiger charge is -2.14. The highest BCUT2D eigenvalue weighted by Gasteiger charge is 2.10. The summed E-state index contributed by atoms with van der Waals surface area (Å²) in [6.45, 7) is 1.62. The molecular weight excluding hydrogens is 228 g/mol. The first kappa shape index (κ1) is 12.6. The van der Waals surface area contributed by atoms with Crippen LogP contribution in [0.2, 0.25) is 0 Å². The van der Waals surface area contributed by atoms with Crippen LogP contribution < -0.4 is 4.74 Å². The van der Waals surface area contributed by atoms with E-state index in [-0.39, 0.29) is 6.61 Å². The van der Waals surface area contributed by atoms with Gasteiger partial charge in [-0.15, -0.1) is 0 Å². The molecule has 1 atom stereocenters. The van der Waals surface area contributed by atoms with Crippen LogP contribution in [0.3, 0.4) is 0 Å². The molecule has 0 aromatic heterocycles. The number of rotatable bonds is 4. The SMILES string of the molecule is CC(O)c1ccccc1Oc1ccccc1CO. The molecule has 0 fully saturated rings. The van der Waals surface area contributed by atoms with Gasteiger partial charge in [-0.2, -0.15) is 0 Å². The Hall–Kier alpha value is -1.84. The predicted octanol–water partition coefficient (Wildman–Crippen LogP) is 3.02. The van der Waals surface area contributed by atoms with Crippen molar-refractivity contribution in [2.75, 3.05) is 0 Å². The maximum Gasteiger partial charge on any atom is 0.133 e. The summed E-state index contributed by atoms with van der Waals surface area (Å²) in [4.78, 5) is 0. The van der Waals surface area contributed by atoms with Crippen LogP contribution in [0.25, 0.3) is 0 Å². The van der Waals surface area contributed by atoms with Gasteiger partial charge in [-0.05, 0) is 19.1 Å². The molecule has 0 saturated heterocycles. The van der Waals surface area contributed by atoms with Gasteiger partial charge in [0.1, 0.15) is 11.5 Å². The van der Waals surface area contributed by atoms with Crippen molar-refractivity contribution in [3.05, 3.63) is 59.7 Å². The number of para-hydroxylation sites is 2. The minimum Gasteiger partial charge on any atom is -0.457 e. The number of aliphatic hydroxyl groups is 2. The molecule has 2 rings (SSSR count). The Balaban J connectivity index is 2.34. The Morgan fingerprint density at radius 2 is 1.61 bits per heavy atom. The molecule has 0 aliphatic rings. The summed E-state index contributed by atoms with van der Waals surface area (Å²) < 4.78 is 5.77. The van der Waals surface area contributed by atoms with Crippen LogP contribution in [0.15, 0.2) is 48.5 Å². The Morgan fingerprint density at radius 3 is 2.28 bits per heavy atom. The van der Waals surface area contributed by atoms with Crippen molar-refractivity contribution >= 4 is 0 Å². The molecule has 2 N–H and O–H groups in total. The zero-order valence-electron chi connectivity index (χ0n) is 10.2. The van der Waals surface area contributed by atoms with Gasteiger partial charge in [0.05, 0.1) is 12.7 Å². The van der Waals surface area contributed by atoms with Crippen molar-refractivity contribution in [1.29, 1.82) is 0 Å². The number of aliphatic hydroxyl groups excluding tert-OH is 2. The molecule has 0 amide bonds. The molecule has 3 nitrogen and oxygen atoms in total. The third-order valence-corrected chi connectivity index (χ3v) is 2.73. The summed E-state index contributed by atoms with van der Waals surface area (Å²) in [6, 6.07) is 14.6. The van der Waals surface area contributed by atoms with E-state index in [2.05, 4.69) is 0 Å². The maximum absolute atomic E-state index is 9.68. The van der Waals surface area contributed by atoms with Crippen LogP contribution in [0, 0.1) is 0 Å². The monoisotopic (exact) mass is 244 g/mol. The van der Waals surface area contributed by atoms with E-state index in [4.69, 9.17) is 4.74 Å². The maximum atomic E-state index is 9.68. The van der Waals surface area contributed by atoms with Gasteiger partial charge < -0.3 is 14.9 Å². The summed E-state index contributed by atoms with van der Waals surface area (Å²) in [5.74, 6) is 1.21. The van der Waals surface area contributed by atoms with Gasteiger partial charge >= 0.3 is 0 Å². The molecule has 0 spiro atoms. The van der Waals surface area contributed by atoms with Gasteiger partial charge in [0.15, 0.2) is 0 Å². The zero-order valence-corrected chi connectivity index (χ0v) is 10.2. The molecule has 18 heavy (non-hydrogen) atoms.